The summed E-state index contributed by atoms with van der Waals surface area (Å²) in [6.07, 6.45) is 4.87. The van der Waals surface area contributed by atoms with Gasteiger partial charge in [-0.3, -0.25) is 4.79 Å². The first-order valence-electron chi connectivity index (χ1n) is 9.27. The highest BCUT2D eigenvalue weighted by atomic mass is 16.4. The van der Waals surface area contributed by atoms with E-state index in [-0.39, 0.29) is 5.91 Å². The molecule has 0 spiro atoms. The molecular weight excluding hydrogens is 316 g/mol. The van der Waals surface area contributed by atoms with Gasteiger partial charge in [-0.25, -0.2) is 0 Å². The number of piperazine rings is 1. The van der Waals surface area contributed by atoms with Gasteiger partial charge >= 0.3 is 0 Å². The van der Waals surface area contributed by atoms with Crippen molar-refractivity contribution in [2.24, 2.45) is 5.73 Å². The molecule has 6 heteroatoms. The fraction of sp³-hybridized carbons (Fsp3) is 0.579. The third-order valence-electron chi connectivity index (χ3n) is 4.78. The second kappa shape index (κ2) is 8.34. The van der Waals surface area contributed by atoms with E-state index in [2.05, 4.69) is 9.88 Å². The van der Waals surface area contributed by atoms with E-state index in [1.54, 1.807) is 0 Å². The van der Waals surface area contributed by atoms with Crippen molar-refractivity contribution in [1.29, 1.82) is 0 Å². The summed E-state index contributed by atoms with van der Waals surface area (Å²) < 4.78 is 5.86. The van der Waals surface area contributed by atoms with Crippen molar-refractivity contribution in [3.63, 3.8) is 0 Å². The van der Waals surface area contributed by atoms with Crippen molar-refractivity contribution in [2.75, 3.05) is 37.6 Å². The number of nitrogens with zero attached hydrogens (tertiary/aromatic N) is 3. The number of unbranched alkanes of at least 4 members (excludes halogenated alkanes) is 3. The van der Waals surface area contributed by atoms with Crippen LogP contribution in [0.3, 0.4) is 0 Å². The van der Waals surface area contributed by atoms with E-state index in [9.17, 15) is 4.79 Å². The monoisotopic (exact) mass is 344 g/mol. The van der Waals surface area contributed by atoms with Crippen molar-refractivity contribution >= 4 is 23.0 Å². The molecule has 2 aromatic rings. The topological polar surface area (TPSA) is 75.6 Å². The number of rotatable bonds is 7. The van der Waals surface area contributed by atoms with Crippen LogP contribution in [0.2, 0.25) is 0 Å². The van der Waals surface area contributed by atoms with Crippen LogP contribution >= 0.6 is 0 Å². The van der Waals surface area contributed by atoms with E-state index in [1.165, 1.54) is 5.56 Å². The van der Waals surface area contributed by atoms with Gasteiger partial charge in [-0.2, -0.15) is 4.98 Å². The zero-order valence-corrected chi connectivity index (χ0v) is 15.0. The van der Waals surface area contributed by atoms with E-state index in [1.807, 2.05) is 30.0 Å². The Morgan fingerprint density at radius 1 is 1.16 bits per heavy atom. The maximum Gasteiger partial charge on any atom is 0.298 e. The molecule has 1 aliphatic rings. The van der Waals surface area contributed by atoms with Crippen molar-refractivity contribution in [3.8, 4) is 0 Å². The second-order valence-corrected chi connectivity index (χ2v) is 6.79. The Balaban J connectivity index is 1.48. The van der Waals surface area contributed by atoms with Gasteiger partial charge < -0.3 is 20.0 Å². The van der Waals surface area contributed by atoms with Crippen LogP contribution in [0, 0.1) is 6.92 Å². The Hall–Kier alpha value is -2.08. The highest BCUT2D eigenvalue weighted by molar-refractivity contribution is 5.77. The van der Waals surface area contributed by atoms with Crippen LogP contribution < -0.4 is 10.6 Å². The molecule has 1 fully saturated rings. The summed E-state index contributed by atoms with van der Waals surface area (Å²) in [5.74, 6) is 0.264. The lowest BCUT2D eigenvalue weighted by Crippen LogP contribution is -2.48. The van der Waals surface area contributed by atoms with Gasteiger partial charge in [0.05, 0.1) is 0 Å². The Morgan fingerprint density at radius 2 is 1.92 bits per heavy atom. The second-order valence-electron chi connectivity index (χ2n) is 6.79. The molecule has 1 aromatic heterocycles. The Kier molecular flexibility index (Phi) is 5.91. The van der Waals surface area contributed by atoms with Crippen LogP contribution in [0.15, 0.2) is 22.6 Å². The zero-order valence-electron chi connectivity index (χ0n) is 15.0. The number of benzene rings is 1. The standard InChI is InChI=1S/C19H28N4O2/c1-15-7-8-17-16(14-15)21-19(25-17)23-12-10-22(11-13-23)18(24)6-4-2-3-5-9-20/h7-8,14H,2-6,9-13,20H2,1H3. The highest BCUT2D eigenvalue weighted by Crippen LogP contribution is 2.23. The average Bonchev–Trinajstić information content (AvgIpc) is 3.04. The Bertz CT molecular complexity index is 705. The molecule has 6 nitrogen and oxygen atoms in total. The van der Waals surface area contributed by atoms with E-state index in [0.29, 0.717) is 12.4 Å². The first-order chi connectivity index (χ1) is 12.2. The Labute approximate surface area is 149 Å². The van der Waals surface area contributed by atoms with Gasteiger partial charge in [-0.05, 0) is 44.0 Å². The van der Waals surface area contributed by atoms with Gasteiger partial charge in [-0.15, -0.1) is 0 Å². The summed E-state index contributed by atoms with van der Waals surface area (Å²) in [6, 6.07) is 6.69. The number of amides is 1. The summed E-state index contributed by atoms with van der Waals surface area (Å²) in [4.78, 5) is 21.0. The van der Waals surface area contributed by atoms with Crippen LogP contribution in [-0.2, 0) is 4.79 Å². The fourth-order valence-corrected chi connectivity index (χ4v) is 3.24. The molecule has 0 aliphatic carbocycles. The molecule has 25 heavy (non-hydrogen) atoms. The molecular formula is C19H28N4O2. The maximum atomic E-state index is 12.3. The van der Waals surface area contributed by atoms with E-state index < -0.39 is 0 Å². The number of anilines is 1. The molecule has 1 aromatic carbocycles. The predicted octanol–water partition coefficient (Wildman–Crippen LogP) is 2.69. The quantitative estimate of drug-likeness (QED) is 0.782. The molecule has 0 radical (unpaired) electrons. The molecule has 2 heterocycles. The minimum absolute atomic E-state index is 0.264. The molecule has 136 valence electrons. The summed E-state index contributed by atoms with van der Waals surface area (Å²) in [6.45, 7) is 5.80. The van der Waals surface area contributed by atoms with Crippen molar-refractivity contribution < 1.29 is 9.21 Å². The van der Waals surface area contributed by atoms with Gasteiger partial charge in [-0.1, -0.05) is 18.9 Å². The fourth-order valence-electron chi connectivity index (χ4n) is 3.24. The maximum absolute atomic E-state index is 12.3. The van der Waals surface area contributed by atoms with Crippen LogP contribution in [0.4, 0.5) is 6.01 Å². The number of hydrogen-bond acceptors (Lipinski definition) is 5. The van der Waals surface area contributed by atoms with E-state index in [0.717, 1.165) is 69.5 Å². The van der Waals surface area contributed by atoms with Crippen molar-refractivity contribution in [3.05, 3.63) is 23.8 Å². The first kappa shape index (κ1) is 17.7. The van der Waals surface area contributed by atoms with Crippen LogP contribution in [0.5, 0.6) is 0 Å². The smallest absolute Gasteiger partial charge is 0.298 e. The molecule has 3 rings (SSSR count). The van der Waals surface area contributed by atoms with Gasteiger partial charge in [0.15, 0.2) is 5.58 Å². The third kappa shape index (κ3) is 4.51. The number of hydrogen-bond donors (Lipinski definition) is 1. The average molecular weight is 344 g/mol. The highest BCUT2D eigenvalue weighted by Gasteiger charge is 2.23. The minimum atomic E-state index is 0.264. The van der Waals surface area contributed by atoms with E-state index in [4.69, 9.17) is 10.2 Å². The van der Waals surface area contributed by atoms with Crippen molar-refractivity contribution in [1.82, 2.24) is 9.88 Å². The molecule has 1 saturated heterocycles. The van der Waals surface area contributed by atoms with Crippen LogP contribution in [0.25, 0.3) is 11.1 Å². The number of carbonyl (C=O) groups is 1. The number of carbonyl (C=O) groups excluding carboxylic acids is 1. The van der Waals surface area contributed by atoms with Gasteiger partial charge in [0.2, 0.25) is 5.91 Å². The number of nitrogens with two attached hydrogens (primary N) is 1. The Morgan fingerprint density at radius 3 is 2.68 bits per heavy atom. The number of aromatic nitrogens is 1. The summed E-state index contributed by atoms with van der Waals surface area (Å²) in [5.41, 5.74) is 8.37. The lowest BCUT2D eigenvalue weighted by atomic mass is 10.1. The molecule has 2 N–H and O–H groups in total. The first-order valence-corrected chi connectivity index (χ1v) is 9.27. The molecule has 1 aliphatic heterocycles. The van der Waals surface area contributed by atoms with Gasteiger partial charge in [0, 0.05) is 32.6 Å². The SMILES string of the molecule is Cc1ccc2oc(N3CCN(C(=O)CCCCCCN)CC3)nc2c1. The lowest BCUT2D eigenvalue weighted by molar-refractivity contribution is -0.131. The predicted molar refractivity (Wildman–Crippen MR) is 99.7 cm³/mol. The number of oxazole rings is 1. The normalized spacial score (nSPS) is 15.1. The molecule has 1 amide bonds. The summed E-state index contributed by atoms with van der Waals surface area (Å²) >= 11 is 0. The number of fused-ring (bicyclic) bond motifs is 1. The molecule has 0 unspecified atom stereocenters. The zero-order chi connectivity index (χ0) is 17.6. The summed E-state index contributed by atoms with van der Waals surface area (Å²) in [7, 11) is 0. The molecule has 0 saturated carbocycles. The van der Waals surface area contributed by atoms with Gasteiger partial charge in [0.1, 0.15) is 5.52 Å². The largest absolute Gasteiger partial charge is 0.423 e. The number of aryl methyl sites for hydroxylation is 1. The third-order valence-corrected chi connectivity index (χ3v) is 4.78. The van der Waals surface area contributed by atoms with Crippen LogP contribution in [-0.4, -0.2) is 48.5 Å². The van der Waals surface area contributed by atoms with Crippen molar-refractivity contribution in [2.45, 2.75) is 39.0 Å². The lowest BCUT2D eigenvalue weighted by Gasteiger charge is -2.33. The van der Waals surface area contributed by atoms with E-state index >= 15 is 0 Å². The molecule has 0 atom stereocenters. The molecule has 0 bridgehead atoms. The summed E-state index contributed by atoms with van der Waals surface area (Å²) in [5, 5.41) is 0. The minimum Gasteiger partial charge on any atom is -0.423 e. The van der Waals surface area contributed by atoms with Gasteiger partial charge in [0.25, 0.3) is 6.01 Å². The van der Waals surface area contributed by atoms with Crippen LogP contribution in [0.1, 0.15) is 37.7 Å².